The van der Waals surface area contributed by atoms with Crippen LogP contribution in [0.15, 0.2) is 12.2 Å². The van der Waals surface area contributed by atoms with E-state index >= 15 is 0 Å². The van der Waals surface area contributed by atoms with E-state index in [0.717, 1.165) is 39.0 Å². The van der Waals surface area contributed by atoms with Crippen molar-refractivity contribution in [3.8, 4) is 0 Å². The molecule has 0 spiro atoms. The minimum atomic E-state index is -1.86. The number of carboxylic acids is 2. The van der Waals surface area contributed by atoms with Crippen molar-refractivity contribution in [2.24, 2.45) is 11.3 Å². The third-order valence-corrected chi connectivity index (χ3v) is 5.68. The molecule has 0 fully saturated rings. The van der Waals surface area contributed by atoms with Gasteiger partial charge in [0.15, 0.2) is 0 Å². The number of hydrogen-bond donors (Lipinski definition) is 2. The van der Waals surface area contributed by atoms with E-state index in [2.05, 4.69) is 19.1 Å². The van der Waals surface area contributed by atoms with Crippen molar-refractivity contribution in [2.45, 2.75) is 104 Å². The van der Waals surface area contributed by atoms with E-state index in [4.69, 9.17) is 0 Å². The van der Waals surface area contributed by atoms with Gasteiger partial charge in [-0.05, 0) is 46.0 Å². The fourth-order valence-electron chi connectivity index (χ4n) is 3.45. The lowest BCUT2D eigenvalue weighted by atomic mass is 9.72. The highest BCUT2D eigenvalue weighted by molar-refractivity contribution is 6.04. The predicted molar refractivity (Wildman–Crippen MR) is 112 cm³/mol. The normalized spacial score (nSPS) is 14.7. The maximum absolute atomic E-state index is 11.7. The summed E-state index contributed by atoms with van der Waals surface area (Å²) in [5, 5.41) is 18.7. The minimum Gasteiger partial charge on any atom is -0.481 e. The Balaban J connectivity index is 3.96. The third kappa shape index (κ3) is 10.0. The molecule has 5 heteroatoms. The molecule has 162 valence electrons. The van der Waals surface area contributed by atoms with Crippen LogP contribution in [0.1, 0.15) is 104 Å². The highest BCUT2D eigenvalue weighted by Gasteiger charge is 2.49. The quantitative estimate of drug-likeness (QED) is 0.168. The largest absolute Gasteiger partial charge is 0.481 e. The van der Waals surface area contributed by atoms with Crippen LogP contribution >= 0.6 is 0 Å². The summed E-state index contributed by atoms with van der Waals surface area (Å²) in [5.41, 5.74) is -1.86. The number of carbonyl (C=O) groups excluding carboxylic acids is 1. The first-order chi connectivity index (χ1) is 13.3. The number of carboxylic acid groups (broad SMARTS) is 2. The molecular formula is C23H40O5. The Kier molecular flexibility index (Phi) is 14.4. The second-order valence-corrected chi connectivity index (χ2v) is 7.97. The van der Waals surface area contributed by atoms with Gasteiger partial charge in [-0.3, -0.25) is 14.4 Å². The second kappa shape index (κ2) is 15.3. The van der Waals surface area contributed by atoms with Gasteiger partial charge in [-0.15, -0.1) is 0 Å². The average molecular weight is 397 g/mol. The van der Waals surface area contributed by atoms with Crippen molar-refractivity contribution in [3.63, 3.8) is 0 Å². The van der Waals surface area contributed by atoms with E-state index < -0.39 is 29.1 Å². The molecule has 0 rings (SSSR count). The van der Waals surface area contributed by atoms with Crippen LogP contribution in [0.4, 0.5) is 0 Å². The molecule has 0 bridgehead atoms. The van der Waals surface area contributed by atoms with E-state index in [1.807, 2.05) is 0 Å². The third-order valence-electron chi connectivity index (χ3n) is 5.68. The highest BCUT2D eigenvalue weighted by Crippen LogP contribution is 2.33. The fourth-order valence-corrected chi connectivity index (χ4v) is 3.45. The van der Waals surface area contributed by atoms with Crippen molar-refractivity contribution in [1.82, 2.24) is 0 Å². The number of ketones is 1. The molecule has 0 heterocycles. The van der Waals surface area contributed by atoms with E-state index in [1.165, 1.54) is 45.4 Å². The Hall–Kier alpha value is -1.65. The molecule has 5 nitrogen and oxygen atoms in total. The summed E-state index contributed by atoms with van der Waals surface area (Å²) in [5.74, 6) is -4.36. The fraction of sp³-hybridized carbons (Fsp3) is 0.783. The van der Waals surface area contributed by atoms with Gasteiger partial charge in [-0.25, -0.2) is 0 Å². The second-order valence-electron chi connectivity index (χ2n) is 7.97. The summed E-state index contributed by atoms with van der Waals surface area (Å²) >= 11 is 0. The maximum Gasteiger partial charge on any atom is 0.317 e. The molecule has 0 aliphatic heterocycles. The molecule has 2 unspecified atom stereocenters. The van der Waals surface area contributed by atoms with Gasteiger partial charge in [-0.2, -0.15) is 0 Å². The Morgan fingerprint density at radius 1 is 0.821 bits per heavy atom. The number of rotatable bonds is 18. The van der Waals surface area contributed by atoms with Crippen LogP contribution in [-0.4, -0.2) is 27.9 Å². The van der Waals surface area contributed by atoms with E-state index in [9.17, 15) is 24.6 Å². The van der Waals surface area contributed by atoms with Gasteiger partial charge < -0.3 is 10.2 Å². The molecule has 28 heavy (non-hydrogen) atoms. The summed E-state index contributed by atoms with van der Waals surface area (Å²) in [6.07, 6.45) is 18.2. The molecule has 0 aliphatic rings. The van der Waals surface area contributed by atoms with Gasteiger partial charge in [0.2, 0.25) is 0 Å². The van der Waals surface area contributed by atoms with Crippen LogP contribution in [0.25, 0.3) is 0 Å². The Bertz CT molecular complexity index is 481. The van der Waals surface area contributed by atoms with Crippen LogP contribution < -0.4 is 0 Å². The van der Waals surface area contributed by atoms with Gasteiger partial charge in [0.25, 0.3) is 0 Å². The van der Waals surface area contributed by atoms with Crippen LogP contribution in [0.3, 0.4) is 0 Å². The summed E-state index contributed by atoms with van der Waals surface area (Å²) in [7, 11) is 0. The lowest BCUT2D eigenvalue weighted by molar-refractivity contribution is -0.166. The molecule has 0 amide bonds. The van der Waals surface area contributed by atoms with Crippen LogP contribution in [0.2, 0.25) is 0 Å². The molecular weight excluding hydrogens is 356 g/mol. The van der Waals surface area contributed by atoms with E-state index in [0.29, 0.717) is 6.42 Å². The predicted octanol–water partition coefficient (Wildman–Crippen LogP) is 6.01. The van der Waals surface area contributed by atoms with Crippen LogP contribution in [-0.2, 0) is 14.4 Å². The zero-order valence-corrected chi connectivity index (χ0v) is 18.0. The molecule has 0 radical (unpaired) electrons. The van der Waals surface area contributed by atoms with Crippen LogP contribution in [0, 0.1) is 11.3 Å². The number of unbranched alkanes of at least 4 members (excludes halogenated alkanes) is 10. The monoisotopic (exact) mass is 396 g/mol. The Labute approximate surface area is 170 Å². The number of Topliss-reactive ketones (excluding diaryl/α,β-unsaturated/α-hetero) is 1. The van der Waals surface area contributed by atoms with Gasteiger partial charge >= 0.3 is 11.9 Å². The van der Waals surface area contributed by atoms with Gasteiger partial charge in [0, 0.05) is 0 Å². The van der Waals surface area contributed by atoms with E-state index in [-0.39, 0.29) is 6.42 Å². The molecule has 0 aromatic carbocycles. The van der Waals surface area contributed by atoms with E-state index in [1.54, 1.807) is 0 Å². The molecule has 0 aliphatic carbocycles. The summed E-state index contributed by atoms with van der Waals surface area (Å²) < 4.78 is 0. The van der Waals surface area contributed by atoms with Crippen LogP contribution in [0.5, 0.6) is 0 Å². The van der Waals surface area contributed by atoms with Crippen molar-refractivity contribution in [3.05, 3.63) is 12.2 Å². The molecule has 2 N–H and O–H groups in total. The average Bonchev–Trinajstić information content (AvgIpc) is 2.63. The van der Waals surface area contributed by atoms with Crippen molar-refractivity contribution >= 4 is 17.7 Å². The SMILES string of the molecule is CCCCCCCC/C=C\CCCCCCC(C(=O)O)C(C)(C(C)=O)C(=O)O. The lowest BCUT2D eigenvalue weighted by Crippen LogP contribution is -2.45. The molecule has 0 saturated heterocycles. The first kappa shape index (κ1) is 26.4. The number of aliphatic carboxylic acids is 2. The van der Waals surface area contributed by atoms with Gasteiger partial charge in [-0.1, -0.05) is 70.4 Å². The summed E-state index contributed by atoms with van der Waals surface area (Å²) in [6.45, 7) is 4.61. The number of allylic oxidation sites excluding steroid dienone is 2. The Morgan fingerprint density at radius 2 is 1.29 bits per heavy atom. The lowest BCUT2D eigenvalue weighted by Gasteiger charge is -2.28. The first-order valence-electron chi connectivity index (χ1n) is 10.9. The molecule has 2 atom stereocenters. The highest BCUT2D eigenvalue weighted by atomic mass is 16.4. The van der Waals surface area contributed by atoms with Gasteiger partial charge in [0.05, 0.1) is 5.92 Å². The van der Waals surface area contributed by atoms with Crippen molar-refractivity contribution in [1.29, 1.82) is 0 Å². The number of carbonyl (C=O) groups is 3. The Morgan fingerprint density at radius 3 is 1.71 bits per heavy atom. The topological polar surface area (TPSA) is 91.7 Å². The molecule has 0 saturated carbocycles. The summed E-state index contributed by atoms with van der Waals surface area (Å²) in [6, 6.07) is 0. The zero-order valence-electron chi connectivity index (χ0n) is 18.0. The molecule has 0 aromatic heterocycles. The van der Waals surface area contributed by atoms with Crippen molar-refractivity contribution in [2.75, 3.05) is 0 Å². The summed E-state index contributed by atoms with van der Waals surface area (Å²) in [4.78, 5) is 34.7. The smallest absolute Gasteiger partial charge is 0.317 e. The van der Waals surface area contributed by atoms with Gasteiger partial charge in [0.1, 0.15) is 11.2 Å². The zero-order chi connectivity index (χ0) is 21.4. The first-order valence-corrected chi connectivity index (χ1v) is 10.9. The maximum atomic E-state index is 11.7. The standard InChI is InChI=1S/C23H40O5/c1-4-5-6-7-8-9-10-11-12-13-14-15-16-17-18-20(21(25)26)23(3,19(2)24)22(27)28/h11-12,20H,4-10,13-18H2,1-3H3,(H,25,26)(H,27,28)/b12-11-. The minimum absolute atomic E-state index is 0.214. The van der Waals surface area contributed by atoms with Crippen molar-refractivity contribution < 1.29 is 24.6 Å². The molecule has 0 aromatic rings. The number of hydrogen-bond acceptors (Lipinski definition) is 3.